The molecule has 0 bridgehead atoms. The zero-order chi connectivity index (χ0) is 12.7. The van der Waals surface area contributed by atoms with E-state index < -0.39 is 0 Å². The molecule has 3 aromatic rings. The van der Waals surface area contributed by atoms with Gasteiger partial charge in [0, 0.05) is 11.8 Å². The molecule has 0 unspecified atom stereocenters. The van der Waals surface area contributed by atoms with Gasteiger partial charge in [0.15, 0.2) is 5.78 Å². The summed E-state index contributed by atoms with van der Waals surface area (Å²) in [5.74, 6) is -0.0352. The minimum atomic E-state index is -0.120. The minimum Gasteiger partial charge on any atom is -0.295 e. The fourth-order valence-electron chi connectivity index (χ4n) is 1.97. The van der Waals surface area contributed by atoms with Crippen molar-refractivity contribution < 1.29 is 4.79 Å². The van der Waals surface area contributed by atoms with Crippen LogP contribution in [-0.2, 0) is 0 Å². The number of carbonyl (C=O) groups excluding carboxylic acids is 1. The Morgan fingerprint density at radius 1 is 1.22 bits per heavy atom. The molecule has 0 atom stereocenters. The van der Waals surface area contributed by atoms with Gasteiger partial charge in [-0.05, 0) is 31.2 Å². The molecule has 0 saturated heterocycles. The van der Waals surface area contributed by atoms with Gasteiger partial charge in [-0.25, -0.2) is 4.98 Å². The molecule has 2 heterocycles. The summed E-state index contributed by atoms with van der Waals surface area (Å²) in [5, 5.41) is 0.517. The van der Waals surface area contributed by atoms with Gasteiger partial charge < -0.3 is 0 Å². The van der Waals surface area contributed by atoms with Gasteiger partial charge in [-0.2, -0.15) is 0 Å². The molecule has 0 spiro atoms. The standard InChI is InChI=1S/C14H10N2O2/c1-9(17)10-5-6-11-12(8-10)15-13-4-2-3-7-16(13)14(11)18/h2-8H,1H3. The van der Waals surface area contributed by atoms with Gasteiger partial charge in [-0.15, -0.1) is 0 Å². The first-order valence-electron chi connectivity index (χ1n) is 5.59. The predicted octanol–water partition coefficient (Wildman–Crippen LogP) is 2.05. The van der Waals surface area contributed by atoms with Crippen molar-refractivity contribution in [2.75, 3.05) is 0 Å². The molecule has 0 aliphatic heterocycles. The number of benzene rings is 1. The number of rotatable bonds is 1. The summed E-state index contributed by atoms with van der Waals surface area (Å²) in [5.41, 5.74) is 1.58. The molecule has 1 aromatic carbocycles. The van der Waals surface area contributed by atoms with Crippen molar-refractivity contribution in [3.63, 3.8) is 0 Å². The summed E-state index contributed by atoms with van der Waals surface area (Å²) < 4.78 is 1.50. The summed E-state index contributed by atoms with van der Waals surface area (Å²) >= 11 is 0. The summed E-state index contributed by atoms with van der Waals surface area (Å²) in [6.45, 7) is 1.50. The van der Waals surface area contributed by atoms with Gasteiger partial charge in [0.2, 0.25) is 0 Å². The molecule has 4 nitrogen and oxygen atoms in total. The van der Waals surface area contributed by atoms with Gasteiger partial charge in [0.1, 0.15) is 5.65 Å². The summed E-state index contributed by atoms with van der Waals surface area (Å²) in [6, 6.07) is 10.3. The first-order chi connectivity index (χ1) is 8.66. The number of hydrogen-bond donors (Lipinski definition) is 0. The van der Waals surface area contributed by atoms with Gasteiger partial charge in [-0.3, -0.25) is 14.0 Å². The largest absolute Gasteiger partial charge is 0.295 e. The van der Waals surface area contributed by atoms with Gasteiger partial charge in [0.25, 0.3) is 5.56 Å². The highest BCUT2D eigenvalue weighted by Crippen LogP contribution is 2.12. The second-order valence-corrected chi connectivity index (χ2v) is 4.13. The Kier molecular flexibility index (Phi) is 2.23. The zero-order valence-electron chi connectivity index (χ0n) is 9.75. The monoisotopic (exact) mass is 238 g/mol. The topological polar surface area (TPSA) is 51.4 Å². The van der Waals surface area contributed by atoms with Crippen LogP contribution in [0.25, 0.3) is 16.6 Å². The number of ketones is 1. The molecule has 0 amide bonds. The SMILES string of the molecule is CC(=O)c1ccc2c(=O)n3ccccc3nc2c1. The average Bonchev–Trinajstić information content (AvgIpc) is 2.38. The summed E-state index contributed by atoms with van der Waals surface area (Å²) in [7, 11) is 0. The van der Waals surface area contributed by atoms with Gasteiger partial charge >= 0.3 is 0 Å². The first kappa shape index (κ1) is 10.7. The molecular formula is C14H10N2O2. The van der Waals surface area contributed by atoms with Gasteiger partial charge in [-0.1, -0.05) is 12.1 Å². The summed E-state index contributed by atoms with van der Waals surface area (Å²) in [6.07, 6.45) is 1.68. The Morgan fingerprint density at radius 3 is 2.83 bits per heavy atom. The van der Waals surface area contributed by atoms with Crippen molar-refractivity contribution in [2.45, 2.75) is 6.92 Å². The van der Waals surface area contributed by atoms with E-state index in [1.807, 2.05) is 6.07 Å². The molecule has 0 fully saturated rings. The van der Waals surface area contributed by atoms with Gasteiger partial charge in [0.05, 0.1) is 10.9 Å². The van der Waals surface area contributed by atoms with Crippen LogP contribution in [0.4, 0.5) is 0 Å². The van der Waals surface area contributed by atoms with E-state index in [9.17, 15) is 9.59 Å². The van der Waals surface area contributed by atoms with E-state index in [2.05, 4.69) is 4.98 Å². The average molecular weight is 238 g/mol. The molecule has 18 heavy (non-hydrogen) atoms. The first-order valence-corrected chi connectivity index (χ1v) is 5.59. The quantitative estimate of drug-likeness (QED) is 0.481. The molecule has 3 rings (SSSR count). The van der Waals surface area contributed by atoms with E-state index in [4.69, 9.17) is 0 Å². The molecule has 2 aromatic heterocycles. The number of hydrogen-bond acceptors (Lipinski definition) is 3. The number of carbonyl (C=O) groups is 1. The second-order valence-electron chi connectivity index (χ2n) is 4.13. The Hall–Kier alpha value is -2.49. The van der Waals surface area contributed by atoms with Crippen LogP contribution in [0.3, 0.4) is 0 Å². The number of Topliss-reactive ketones (excluding diaryl/α,β-unsaturated/α-hetero) is 1. The molecule has 0 saturated carbocycles. The Morgan fingerprint density at radius 2 is 2.06 bits per heavy atom. The fraction of sp³-hybridized carbons (Fsp3) is 0.0714. The lowest BCUT2D eigenvalue weighted by Gasteiger charge is -2.03. The van der Waals surface area contributed by atoms with E-state index in [0.29, 0.717) is 22.1 Å². The van der Waals surface area contributed by atoms with Crippen LogP contribution >= 0.6 is 0 Å². The highest BCUT2D eigenvalue weighted by molar-refractivity contribution is 5.97. The van der Waals surface area contributed by atoms with Crippen LogP contribution in [0.15, 0.2) is 47.4 Å². The lowest BCUT2D eigenvalue weighted by atomic mass is 10.1. The second kappa shape index (κ2) is 3.77. The molecule has 0 aliphatic carbocycles. The molecule has 0 radical (unpaired) electrons. The van der Waals surface area contributed by atoms with E-state index in [1.165, 1.54) is 11.3 Å². The number of aromatic nitrogens is 2. The van der Waals surface area contributed by atoms with Crippen LogP contribution in [0.5, 0.6) is 0 Å². The maximum Gasteiger partial charge on any atom is 0.265 e. The van der Waals surface area contributed by atoms with Crippen molar-refractivity contribution in [3.05, 3.63) is 58.5 Å². The normalized spacial score (nSPS) is 10.9. The lowest BCUT2D eigenvalue weighted by Crippen LogP contribution is -2.15. The van der Waals surface area contributed by atoms with Crippen LogP contribution in [0.1, 0.15) is 17.3 Å². The maximum atomic E-state index is 12.2. The molecule has 4 heteroatoms. The Labute approximate surface area is 103 Å². The van der Waals surface area contributed by atoms with Crippen LogP contribution in [0, 0.1) is 0 Å². The van der Waals surface area contributed by atoms with Crippen LogP contribution in [-0.4, -0.2) is 15.2 Å². The summed E-state index contributed by atoms with van der Waals surface area (Å²) in [4.78, 5) is 27.9. The highest BCUT2D eigenvalue weighted by atomic mass is 16.1. The number of fused-ring (bicyclic) bond motifs is 2. The van der Waals surface area contributed by atoms with E-state index in [-0.39, 0.29) is 11.3 Å². The van der Waals surface area contributed by atoms with Crippen molar-refractivity contribution in [1.29, 1.82) is 0 Å². The molecular weight excluding hydrogens is 228 g/mol. The van der Waals surface area contributed by atoms with Crippen molar-refractivity contribution in [2.24, 2.45) is 0 Å². The van der Waals surface area contributed by atoms with Crippen LogP contribution < -0.4 is 5.56 Å². The highest BCUT2D eigenvalue weighted by Gasteiger charge is 2.07. The molecule has 0 aliphatic rings. The van der Waals surface area contributed by atoms with Crippen molar-refractivity contribution >= 4 is 22.3 Å². The third-order valence-electron chi connectivity index (χ3n) is 2.93. The van der Waals surface area contributed by atoms with Crippen molar-refractivity contribution in [1.82, 2.24) is 9.38 Å². The number of nitrogens with zero attached hydrogens (tertiary/aromatic N) is 2. The number of pyridine rings is 1. The molecule has 0 N–H and O–H groups in total. The Bertz CT molecular complexity index is 834. The van der Waals surface area contributed by atoms with E-state index in [1.54, 1.807) is 36.5 Å². The predicted molar refractivity (Wildman–Crippen MR) is 69.0 cm³/mol. The van der Waals surface area contributed by atoms with Crippen molar-refractivity contribution in [3.8, 4) is 0 Å². The Balaban J connectivity index is 2.48. The minimum absolute atomic E-state index is 0.0352. The zero-order valence-corrected chi connectivity index (χ0v) is 9.75. The smallest absolute Gasteiger partial charge is 0.265 e. The third kappa shape index (κ3) is 1.50. The van der Waals surface area contributed by atoms with Crippen LogP contribution in [0.2, 0.25) is 0 Å². The third-order valence-corrected chi connectivity index (χ3v) is 2.93. The fourth-order valence-corrected chi connectivity index (χ4v) is 1.97. The maximum absolute atomic E-state index is 12.2. The molecule has 88 valence electrons. The lowest BCUT2D eigenvalue weighted by molar-refractivity contribution is 0.101. The van der Waals surface area contributed by atoms with E-state index in [0.717, 1.165) is 0 Å². The van der Waals surface area contributed by atoms with E-state index >= 15 is 0 Å².